The molecular formula is C24H22ClNO5. The van der Waals surface area contributed by atoms with Crippen LogP contribution in [-0.2, 0) is 4.79 Å². The van der Waals surface area contributed by atoms with Crippen LogP contribution in [0.3, 0.4) is 0 Å². The third kappa shape index (κ3) is 3.35. The van der Waals surface area contributed by atoms with Gasteiger partial charge in [-0.05, 0) is 56.2 Å². The second-order valence-corrected chi connectivity index (χ2v) is 8.68. The first kappa shape index (κ1) is 19.9. The fourth-order valence-electron chi connectivity index (χ4n) is 4.73. The molecule has 1 aliphatic heterocycles. The number of ketones is 1. The average molecular weight is 440 g/mol. The molecule has 3 heterocycles. The first-order valence-electron chi connectivity index (χ1n) is 10.5. The van der Waals surface area contributed by atoms with E-state index in [4.69, 9.17) is 20.4 Å². The number of carbonyl (C=O) groups is 2. The predicted octanol–water partition coefficient (Wildman–Crippen LogP) is 5.90. The van der Waals surface area contributed by atoms with Gasteiger partial charge in [0, 0.05) is 16.5 Å². The quantitative estimate of drug-likeness (QED) is 0.511. The van der Waals surface area contributed by atoms with Crippen LogP contribution in [-0.4, -0.2) is 27.7 Å². The standard InChI is InChI=1S/C24H22ClNO5/c1-13-7-9-18(30-13)21-20(23(28)24(29)26(21)16-5-3-2-4-6-16)22(27)19-12-14-11-15(25)8-10-17(14)31-19/h7-12,16,21,28H,2-6H2,1H3. The number of furan rings is 2. The van der Waals surface area contributed by atoms with Crippen molar-refractivity contribution in [2.24, 2.45) is 0 Å². The Hall–Kier alpha value is -2.99. The number of nitrogens with zero attached hydrogens (tertiary/aromatic N) is 1. The van der Waals surface area contributed by atoms with E-state index in [1.807, 2.05) is 0 Å². The van der Waals surface area contributed by atoms with Crippen molar-refractivity contribution in [1.29, 1.82) is 0 Å². The highest BCUT2D eigenvalue weighted by molar-refractivity contribution is 6.31. The molecule has 1 unspecified atom stereocenters. The summed E-state index contributed by atoms with van der Waals surface area (Å²) in [5.41, 5.74) is 0.502. The van der Waals surface area contributed by atoms with Gasteiger partial charge < -0.3 is 18.8 Å². The maximum Gasteiger partial charge on any atom is 0.290 e. The van der Waals surface area contributed by atoms with E-state index >= 15 is 0 Å². The van der Waals surface area contributed by atoms with Gasteiger partial charge in [-0.15, -0.1) is 0 Å². The highest BCUT2D eigenvalue weighted by Gasteiger charge is 2.48. The Morgan fingerprint density at radius 3 is 2.58 bits per heavy atom. The van der Waals surface area contributed by atoms with Crippen LogP contribution in [0.5, 0.6) is 0 Å². The molecule has 1 fully saturated rings. The molecule has 0 saturated heterocycles. The Balaban J connectivity index is 1.60. The van der Waals surface area contributed by atoms with Gasteiger partial charge in [-0.1, -0.05) is 30.9 Å². The van der Waals surface area contributed by atoms with Crippen molar-refractivity contribution in [2.45, 2.75) is 51.1 Å². The molecule has 1 atom stereocenters. The number of halogens is 1. The minimum Gasteiger partial charge on any atom is -0.503 e. The van der Waals surface area contributed by atoms with Crippen LogP contribution in [0, 0.1) is 6.92 Å². The van der Waals surface area contributed by atoms with Crippen LogP contribution in [0.25, 0.3) is 11.0 Å². The largest absolute Gasteiger partial charge is 0.503 e. The van der Waals surface area contributed by atoms with Gasteiger partial charge in [0.15, 0.2) is 11.5 Å². The zero-order chi connectivity index (χ0) is 21.7. The maximum absolute atomic E-state index is 13.5. The zero-order valence-electron chi connectivity index (χ0n) is 17.1. The first-order chi connectivity index (χ1) is 14.9. The van der Waals surface area contributed by atoms with Crippen molar-refractivity contribution >= 4 is 34.3 Å². The maximum atomic E-state index is 13.5. The van der Waals surface area contributed by atoms with E-state index in [-0.39, 0.29) is 17.4 Å². The van der Waals surface area contributed by atoms with Crippen molar-refractivity contribution < 1.29 is 23.5 Å². The Labute approximate surface area is 184 Å². The van der Waals surface area contributed by atoms with Crippen LogP contribution in [0.1, 0.15) is 60.2 Å². The number of rotatable bonds is 4. The van der Waals surface area contributed by atoms with Crippen LogP contribution >= 0.6 is 11.6 Å². The summed E-state index contributed by atoms with van der Waals surface area (Å²) in [5.74, 6) is -0.423. The second kappa shape index (κ2) is 7.61. The minimum absolute atomic E-state index is 0.00456. The molecule has 0 spiro atoms. The number of aliphatic hydroxyl groups is 1. The normalized spacial score (nSPS) is 20.3. The van der Waals surface area contributed by atoms with E-state index in [2.05, 4.69) is 0 Å². The summed E-state index contributed by atoms with van der Waals surface area (Å²) < 4.78 is 11.6. The van der Waals surface area contributed by atoms with Gasteiger partial charge in [0.05, 0.1) is 5.57 Å². The molecule has 31 heavy (non-hydrogen) atoms. The van der Waals surface area contributed by atoms with Crippen LogP contribution < -0.4 is 0 Å². The van der Waals surface area contributed by atoms with Crippen molar-refractivity contribution in [3.05, 3.63) is 70.0 Å². The molecule has 1 aromatic carbocycles. The molecule has 160 valence electrons. The molecule has 6 nitrogen and oxygen atoms in total. The van der Waals surface area contributed by atoms with E-state index in [0.29, 0.717) is 27.5 Å². The molecule has 1 saturated carbocycles. The smallest absolute Gasteiger partial charge is 0.290 e. The zero-order valence-corrected chi connectivity index (χ0v) is 17.8. The summed E-state index contributed by atoms with van der Waals surface area (Å²) >= 11 is 6.05. The molecule has 3 aromatic rings. The number of Topliss-reactive ketones (excluding diaryl/α,β-unsaturated/α-hetero) is 1. The van der Waals surface area contributed by atoms with Crippen LogP contribution in [0.15, 0.2) is 56.6 Å². The lowest BCUT2D eigenvalue weighted by Crippen LogP contribution is -2.41. The number of amides is 1. The number of aliphatic hydroxyl groups excluding tert-OH is 1. The number of fused-ring (bicyclic) bond motifs is 1. The molecule has 1 N–H and O–H groups in total. The van der Waals surface area contributed by atoms with Crippen LogP contribution in [0.4, 0.5) is 0 Å². The highest BCUT2D eigenvalue weighted by atomic mass is 35.5. The van der Waals surface area contributed by atoms with Crippen molar-refractivity contribution in [3.63, 3.8) is 0 Å². The van der Waals surface area contributed by atoms with Crippen LogP contribution in [0.2, 0.25) is 5.02 Å². The Morgan fingerprint density at radius 1 is 1.10 bits per heavy atom. The number of hydrogen-bond donors (Lipinski definition) is 1. The third-order valence-electron chi connectivity index (χ3n) is 6.19. The summed E-state index contributed by atoms with van der Waals surface area (Å²) in [6.45, 7) is 1.80. The van der Waals surface area contributed by atoms with Gasteiger partial charge in [0.1, 0.15) is 23.1 Å². The lowest BCUT2D eigenvalue weighted by atomic mass is 9.92. The Morgan fingerprint density at radius 2 is 1.87 bits per heavy atom. The van der Waals surface area contributed by atoms with E-state index in [1.165, 1.54) is 0 Å². The van der Waals surface area contributed by atoms with Crippen molar-refractivity contribution in [1.82, 2.24) is 4.90 Å². The van der Waals surface area contributed by atoms with Crippen molar-refractivity contribution in [2.75, 3.05) is 0 Å². The highest BCUT2D eigenvalue weighted by Crippen LogP contribution is 2.43. The summed E-state index contributed by atoms with van der Waals surface area (Å²) in [7, 11) is 0. The number of carbonyl (C=O) groups excluding carboxylic acids is 2. The molecule has 5 rings (SSSR count). The van der Waals surface area contributed by atoms with Gasteiger partial charge in [-0.25, -0.2) is 0 Å². The molecule has 1 amide bonds. The van der Waals surface area contributed by atoms with Crippen molar-refractivity contribution in [3.8, 4) is 0 Å². The molecule has 2 aromatic heterocycles. The summed E-state index contributed by atoms with van der Waals surface area (Å²) in [6.07, 6.45) is 4.80. The lowest BCUT2D eigenvalue weighted by Gasteiger charge is -2.35. The van der Waals surface area contributed by atoms with Gasteiger partial charge in [0.25, 0.3) is 5.91 Å². The molecule has 0 bridgehead atoms. The third-order valence-corrected chi connectivity index (χ3v) is 6.42. The van der Waals surface area contributed by atoms with E-state index in [0.717, 1.165) is 32.1 Å². The molecule has 7 heteroatoms. The van der Waals surface area contributed by atoms with E-state index in [9.17, 15) is 14.7 Å². The molecule has 0 radical (unpaired) electrons. The molecule has 1 aliphatic carbocycles. The summed E-state index contributed by atoms with van der Waals surface area (Å²) in [6, 6.07) is 9.36. The number of benzene rings is 1. The first-order valence-corrected chi connectivity index (χ1v) is 10.9. The van der Waals surface area contributed by atoms with E-state index in [1.54, 1.807) is 48.2 Å². The fourth-order valence-corrected chi connectivity index (χ4v) is 4.91. The van der Waals surface area contributed by atoms with Gasteiger partial charge in [-0.2, -0.15) is 0 Å². The minimum atomic E-state index is -0.784. The molecular weight excluding hydrogens is 418 g/mol. The monoisotopic (exact) mass is 439 g/mol. The average Bonchev–Trinajstić information content (AvgIpc) is 3.44. The fraction of sp³-hybridized carbons (Fsp3) is 0.333. The van der Waals surface area contributed by atoms with Gasteiger partial charge in [-0.3, -0.25) is 9.59 Å². The SMILES string of the molecule is Cc1ccc(C2C(C(=O)c3cc4cc(Cl)ccc4o3)=C(O)C(=O)N2C2CCCCC2)o1. The Bertz CT molecular complexity index is 1210. The number of hydrogen-bond acceptors (Lipinski definition) is 5. The lowest BCUT2D eigenvalue weighted by molar-refractivity contribution is -0.132. The van der Waals surface area contributed by atoms with Gasteiger partial charge in [0.2, 0.25) is 5.78 Å². The summed E-state index contributed by atoms with van der Waals surface area (Å²) in [5, 5.41) is 12.0. The van der Waals surface area contributed by atoms with E-state index < -0.39 is 23.5 Å². The number of aryl methyl sites for hydroxylation is 1. The van der Waals surface area contributed by atoms with Gasteiger partial charge >= 0.3 is 0 Å². The topological polar surface area (TPSA) is 83.9 Å². The summed E-state index contributed by atoms with van der Waals surface area (Å²) in [4.78, 5) is 28.3. The predicted molar refractivity (Wildman–Crippen MR) is 115 cm³/mol. The molecule has 2 aliphatic rings. The Kier molecular flexibility index (Phi) is 4.89. The second-order valence-electron chi connectivity index (χ2n) is 8.24.